The molecule has 1 aromatic carbocycles. The number of sulfonamides is 1. The second-order valence-electron chi connectivity index (χ2n) is 6.52. The summed E-state index contributed by atoms with van der Waals surface area (Å²) in [5.74, 6) is 0.393. The van der Waals surface area contributed by atoms with E-state index in [4.69, 9.17) is 13.7 Å². The van der Waals surface area contributed by atoms with Gasteiger partial charge in [0.1, 0.15) is 5.76 Å². The Morgan fingerprint density at radius 3 is 2.84 bits per heavy atom. The third-order valence-corrected chi connectivity index (χ3v) is 5.70. The number of carbonyl (C=O) groups is 1. The quantitative estimate of drug-likeness (QED) is 0.388. The summed E-state index contributed by atoms with van der Waals surface area (Å²) in [6, 6.07) is 9.53. The maximum absolute atomic E-state index is 12.8. The SMILES string of the molecule is COc1c(C=CC(=O)NCc2ccco2)c(NS(=O)(=O)c2ccccn2)cc2cnoc12. The van der Waals surface area contributed by atoms with Crippen molar-refractivity contribution in [3.63, 3.8) is 0 Å². The Hall–Kier alpha value is -4.12. The summed E-state index contributed by atoms with van der Waals surface area (Å²) in [5, 5.41) is 6.77. The number of fused-ring (bicyclic) bond motifs is 1. The summed E-state index contributed by atoms with van der Waals surface area (Å²) < 4.78 is 44.0. The van der Waals surface area contributed by atoms with Crippen molar-refractivity contribution in [2.75, 3.05) is 11.8 Å². The molecule has 3 heterocycles. The van der Waals surface area contributed by atoms with Crippen LogP contribution in [0.25, 0.3) is 17.0 Å². The number of carbonyl (C=O) groups excluding carboxylic acids is 1. The van der Waals surface area contributed by atoms with Crippen LogP contribution in [0.15, 0.2) is 75.1 Å². The van der Waals surface area contributed by atoms with Crippen LogP contribution in [-0.2, 0) is 21.4 Å². The van der Waals surface area contributed by atoms with E-state index in [-0.39, 0.29) is 28.6 Å². The van der Waals surface area contributed by atoms with Crippen molar-refractivity contribution in [1.29, 1.82) is 0 Å². The molecule has 1 amide bonds. The predicted octanol–water partition coefficient (Wildman–Crippen LogP) is 2.95. The molecule has 0 spiro atoms. The van der Waals surface area contributed by atoms with E-state index >= 15 is 0 Å². The van der Waals surface area contributed by atoms with E-state index in [9.17, 15) is 13.2 Å². The molecule has 0 saturated carbocycles. The number of ether oxygens (including phenoxy) is 1. The monoisotopic (exact) mass is 454 g/mol. The Bertz CT molecular complexity index is 1360. The van der Waals surface area contributed by atoms with Gasteiger partial charge in [0.05, 0.1) is 31.8 Å². The summed E-state index contributed by atoms with van der Waals surface area (Å²) in [6.45, 7) is 0.202. The molecule has 10 nitrogen and oxygen atoms in total. The van der Waals surface area contributed by atoms with E-state index in [1.54, 1.807) is 24.3 Å². The van der Waals surface area contributed by atoms with Gasteiger partial charge in [-0.1, -0.05) is 11.2 Å². The smallest absolute Gasteiger partial charge is 0.279 e. The van der Waals surface area contributed by atoms with E-state index in [2.05, 4.69) is 20.2 Å². The predicted molar refractivity (Wildman–Crippen MR) is 115 cm³/mol. The minimum atomic E-state index is -4.01. The van der Waals surface area contributed by atoms with Crippen molar-refractivity contribution in [3.05, 3.63) is 72.5 Å². The Balaban J connectivity index is 1.69. The van der Waals surface area contributed by atoms with Gasteiger partial charge in [0.15, 0.2) is 10.8 Å². The Morgan fingerprint density at radius 1 is 1.25 bits per heavy atom. The van der Waals surface area contributed by atoms with Crippen molar-refractivity contribution in [3.8, 4) is 5.75 Å². The molecule has 4 rings (SSSR count). The molecule has 0 fully saturated rings. The molecule has 0 atom stereocenters. The number of hydrogen-bond donors (Lipinski definition) is 2. The highest BCUT2D eigenvalue weighted by molar-refractivity contribution is 7.92. The summed E-state index contributed by atoms with van der Waals surface area (Å²) in [4.78, 5) is 16.2. The lowest BCUT2D eigenvalue weighted by molar-refractivity contribution is -0.116. The summed E-state index contributed by atoms with van der Waals surface area (Å²) in [7, 11) is -2.60. The first-order chi connectivity index (χ1) is 15.5. The summed E-state index contributed by atoms with van der Waals surface area (Å²) in [5.41, 5.74) is 0.756. The van der Waals surface area contributed by atoms with Crippen molar-refractivity contribution >= 4 is 38.7 Å². The molecular weight excluding hydrogens is 436 g/mol. The number of nitrogens with one attached hydrogen (secondary N) is 2. The van der Waals surface area contributed by atoms with Gasteiger partial charge in [-0.3, -0.25) is 9.52 Å². The molecule has 164 valence electrons. The molecule has 0 aliphatic rings. The zero-order valence-corrected chi connectivity index (χ0v) is 17.6. The van der Waals surface area contributed by atoms with Crippen LogP contribution in [0.1, 0.15) is 11.3 Å². The van der Waals surface area contributed by atoms with Crippen molar-refractivity contribution in [2.45, 2.75) is 11.6 Å². The van der Waals surface area contributed by atoms with Crippen LogP contribution in [-0.4, -0.2) is 31.6 Å². The number of methoxy groups -OCH3 is 1. The van der Waals surface area contributed by atoms with Crippen molar-refractivity contribution in [2.24, 2.45) is 0 Å². The molecule has 2 N–H and O–H groups in total. The number of rotatable bonds is 8. The van der Waals surface area contributed by atoms with Gasteiger partial charge in [0.25, 0.3) is 10.0 Å². The first-order valence-corrected chi connectivity index (χ1v) is 10.8. The van der Waals surface area contributed by atoms with E-state index in [1.165, 1.54) is 50.1 Å². The zero-order chi connectivity index (χ0) is 22.6. The topological polar surface area (TPSA) is 137 Å². The molecule has 0 bridgehead atoms. The first kappa shape index (κ1) is 21.1. The minimum absolute atomic E-state index is 0.157. The van der Waals surface area contributed by atoms with Gasteiger partial charge in [-0.25, -0.2) is 4.98 Å². The van der Waals surface area contributed by atoms with Gasteiger partial charge < -0.3 is 19.0 Å². The first-order valence-electron chi connectivity index (χ1n) is 9.35. The van der Waals surface area contributed by atoms with E-state index in [0.29, 0.717) is 16.7 Å². The lowest BCUT2D eigenvalue weighted by atomic mass is 10.1. The fourth-order valence-corrected chi connectivity index (χ4v) is 3.98. The molecule has 11 heteroatoms. The van der Waals surface area contributed by atoms with Crippen molar-refractivity contribution in [1.82, 2.24) is 15.5 Å². The largest absolute Gasteiger partial charge is 0.492 e. The number of amides is 1. The summed E-state index contributed by atoms with van der Waals surface area (Å²) >= 11 is 0. The highest BCUT2D eigenvalue weighted by Crippen LogP contribution is 2.37. The van der Waals surface area contributed by atoms with Gasteiger partial charge in [-0.05, 0) is 36.4 Å². The maximum Gasteiger partial charge on any atom is 0.279 e. The number of furan rings is 1. The van der Waals surface area contributed by atoms with Gasteiger partial charge in [-0.15, -0.1) is 0 Å². The number of anilines is 1. The fourth-order valence-electron chi connectivity index (χ4n) is 2.96. The van der Waals surface area contributed by atoms with E-state index in [0.717, 1.165) is 0 Å². The second-order valence-corrected chi connectivity index (χ2v) is 8.15. The van der Waals surface area contributed by atoms with Crippen LogP contribution < -0.4 is 14.8 Å². The van der Waals surface area contributed by atoms with Gasteiger partial charge in [0, 0.05) is 23.2 Å². The van der Waals surface area contributed by atoms with Crippen LogP contribution >= 0.6 is 0 Å². The summed E-state index contributed by atoms with van der Waals surface area (Å²) in [6.07, 6.45) is 6.99. The van der Waals surface area contributed by atoms with Crippen LogP contribution in [0.4, 0.5) is 5.69 Å². The number of benzene rings is 1. The standard InChI is InChI=1S/C21H18N4O6S/c1-29-21-16(7-8-18(26)23-13-15-5-4-10-30-15)17(11-14-12-24-31-20(14)21)25-32(27,28)19-6-2-3-9-22-19/h2-12,25H,13H2,1H3,(H,23,26). The van der Waals surface area contributed by atoms with Crippen molar-refractivity contribution < 1.29 is 26.9 Å². The Kier molecular flexibility index (Phi) is 5.90. The number of pyridine rings is 1. The third-order valence-electron chi connectivity index (χ3n) is 4.42. The highest BCUT2D eigenvalue weighted by atomic mass is 32.2. The minimum Gasteiger partial charge on any atom is -0.492 e. The van der Waals surface area contributed by atoms with Crippen LogP contribution in [0, 0.1) is 0 Å². The van der Waals surface area contributed by atoms with Gasteiger partial charge in [0.2, 0.25) is 11.5 Å². The second kappa shape index (κ2) is 8.94. The molecule has 0 radical (unpaired) electrons. The highest BCUT2D eigenvalue weighted by Gasteiger charge is 2.22. The molecule has 4 aromatic rings. The average molecular weight is 454 g/mol. The lowest BCUT2D eigenvalue weighted by Gasteiger charge is -2.13. The Labute approximate surface area is 182 Å². The Morgan fingerprint density at radius 2 is 2.12 bits per heavy atom. The molecule has 0 unspecified atom stereocenters. The van der Waals surface area contributed by atoms with Gasteiger partial charge in [-0.2, -0.15) is 8.42 Å². The maximum atomic E-state index is 12.8. The van der Waals surface area contributed by atoms with Crippen LogP contribution in [0.5, 0.6) is 5.75 Å². The van der Waals surface area contributed by atoms with E-state index in [1.807, 2.05) is 0 Å². The average Bonchev–Trinajstić information content (AvgIpc) is 3.48. The van der Waals surface area contributed by atoms with E-state index < -0.39 is 15.9 Å². The molecule has 0 aliphatic carbocycles. The fraction of sp³-hybridized carbons (Fsp3) is 0.0952. The zero-order valence-electron chi connectivity index (χ0n) is 16.8. The van der Waals surface area contributed by atoms with Crippen LogP contribution in [0.3, 0.4) is 0 Å². The third kappa shape index (κ3) is 4.47. The number of hydrogen-bond acceptors (Lipinski definition) is 8. The molecule has 0 saturated heterocycles. The molecule has 3 aromatic heterocycles. The normalized spacial score (nSPS) is 11.7. The molecule has 32 heavy (non-hydrogen) atoms. The molecule has 0 aliphatic heterocycles. The number of nitrogens with zero attached hydrogens (tertiary/aromatic N) is 2. The van der Waals surface area contributed by atoms with Gasteiger partial charge >= 0.3 is 0 Å². The molecular formula is C21H18N4O6S. The lowest BCUT2D eigenvalue weighted by Crippen LogP contribution is -2.20. The number of aromatic nitrogens is 2. The van der Waals surface area contributed by atoms with Crippen LogP contribution in [0.2, 0.25) is 0 Å².